The summed E-state index contributed by atoms with van der Waals surface area (Å²) in [6.07, 6.45) is 2.97. The first-order chi connectivity index (χ1) is 14.3. The van der Waals surface area contributed by atoms with Gasteiger partial charge in [0.25, 0.3) is 0 Å². The van der Waals surface area contributed by atoms with Crippen LogP contribution in [0.1, 0.15) is 75.5 Å². The fraction of sp³-hybridized carbons (Fsp3) is 0.444. The smallest absolute Gasteiger partial charge is 0.312 e. The molecule has 0 saturated heterocycles. The van der Waals surface area contributed by atoms with Gasteiger partial charge in [-0.3, -0.25) is 4.79 Å². The maximum atomic E-state index is 13.2. The number of hydrogen-bond donors (Lipinski definition) is 1. The van der Waals surface area contributed by atoms with Crippen LogP contribution in [0.25, 0.3) is 22.2 Å². The van der Waals surface area contributed by atoms with E-state index in [0.717, 1.165) is 24.8 Å². The number of aromatic amines is 1. The number of aromatic nitrogens is 1. The Bertz CT molecular complexity index is 1160. The summed E-state index contributed by atoms with van der Waals surface area (Å²) in [5.74, 6) is 0.465. The Morgan fingerprint density at radius 3 is 2.63 bits per heavy atom. The summed E-state index contributed by atoms with van der Waals surface area (Å²) >= 11 is 0. The number of nitrogens with one attached hydrogen (secondary N) is 1. The predicted octanol–water partition coefficient (Wildman–Crippen LogP) is 6.68. The van der Waals surface area contributed by atoms with Crippen molar-refractivity contribution < 1.29 is 9.53 Å². The van der Waals surface area contributed by atoms with E-state index in [4.69, 9.17) is 4.74 Å². The molecule has 2 aromatic carbocycles. The van der Waals surface area contributed by atoms with E-state index in [1.807, 2.05) is 0 Å². The van der Waals surface area contributed by atoms with E-state index < -0.39 is 5.41 Å². The lowest BCUT2D eigenvalue weighted by Gasteiger charge is -2.54. The quantitative estimate of drug-likeness (QED) is 0.487. The first-order valence-corrected chi connectivity index (χ1v) is 11.1. The summed E-state index contributed by atoms with van der Waals surface area (Å²) in [4.78, 5) is 16.9. The number of para-hydroxylation sites is 1. The minimum Gasteiger partial charge on any atom is -0.469 e. The SMILES string of the molecule is COC(=O)[C@]1(C)CCC[C@]2(C)c3ccc(C(C)C)cc3-c3[nH]c4ccccc4c3[C@@H]12. The van der Waals surface area contributed by atoms with Crippen molar-refractivity contribution in [3.8, 4) is 11.3 Å². The van der Waals surface area contributed by atoms with E-state index in [9.17, 15) is 4.79 Å². The molecule has 2 aliphatic carbocycles. The summed E-state index contributed by atoms with van der Waals surface area (Å²) in [6, 6.07) is 15.5. The molecule has 156 valence electrons. The largest absolute Gasteiger partial charge is 0.469 e. The molecular formula is C27H31NO2. The zero-order chi connectivity index (χ0) is 21.3. The molecule has 1 heterocycles. The van der Waals surface area contributed by atoms with Gasteiger partial charge >= 0.3 is 5.97 Å². The molecule has 1 aromatic heterocycles. The highest BCUT2D eigenvalue weighted by atomic mass is 16.5. The number of rotatable bonds is 2. The molecule has 30 heavy (non-hydrogen) atoms. The molecule has 3 heteroatoms. The Hall–Kier alpha value is -2.55. The molecule has 1 saturated carbocycles. The predicted molar refractivity (Wildman–Crippen MR) is 122 cm³/mol. The Labute approximate surface area is 178 Å². The zero-order valence-corrected chi connectivity index (χ0v) is 18.6. The van der Waals surface area contributed by atoms with Crippen molar-refractivity contribution in [3.05, 3.63) is 59.2 Å². The van der Waals surface area contributed by atoms with E-state index in [-0.39, 0.29) is 17.3 Å². The Morgan fingerprint density at radius 2 is 1.90 bits per heavy atom. The minimum absolute atomic E-state index is 0.0785. The summed E-state index contributed by atoms with van der Waals surface area (Å²) in [5.41, 5.74) is 7.01. The Morgan fingerprint density at radius 1 is 1.13 bits per heavy atom. The lowest BCUT2D eigenvalue weighted by molar-refractivity contribution is -0.157. The molecule has 2 aliphatic rings. The molecule has 0 unspecified atom stereocenters. The number of benzene rings is 2. The van der Waals surface area contributed by atoms with Gasteiger partial charge in [0.15, 0.2) is 0 Å². The van der Waals surface area contributed by atoms with Gasteiger partial charge in [-0.1, -0.05) is 57.5 Å². The number of carbonyl (C=O) groups excluding carboxylic acids is 1. The van der Waals surface area contributed by atoms with Crippen LogP contribution in [0.15, 0.2) is 42.5 Å². The average Bonchev–Trinajstić information content (AvgIpc) is 3.12. The molecule has 5 rings (SSSR count). The highest BCUT2D eigenvalue weighted by Crippen LogP contribution is 2.64. The summed E-state index contributed by atoms with van der Waals surface area (Å²) in [5, 5.41) is 1.24. The van der Waals surface area contributed by atoms with Gasteiger partial charge < -0.3 is 9.72 Å². The molecule has 1 fully saturated rings. The van der Waals surface area contributed by atoms with E-state index in [1.165, 1.54) is 40.4 Å². The molecular weight excluding hydrogens is 370 g/mol. The minimum atomic E-state index is -0.546. The van der Waals surface area contributed by atoms with Crippen molar-refractivity contribution in [2.24, 2.45) is 5.41 Å². The second-order valence-electron chi connectivity index (χ2n) is 10.0. The van der Waals surface area contributed by atoms with Crippen LogP contribution in [0.5, 0.6) is 0 Å². The van der Waals surface area contributed by atoms with Crippen LogP contribution in [0.2, 0.25) is 0 Å². The van der Waals surface area contributed by atoms with Gasteiger partial charge in [-0.05, 0) is 54.5 Å². The van der Waals surface area contributed by atoms with Gasteiger partial charge in [0.2, 0.25) is 0 Å². The van der Waals surface area contributed by atoms with Gasteiger partial charge in [0.1, 0.15) is 0 Å². The second kappa shape index (κ2) is 6.47. The first kappa shape index (κ1) is 19.4. The van der Waals surface area contributed by atoms with Crippen molar-refractivity contribution in [2.75, 3.05) is 7.11 Å². The Balaban J connectivity index is 1.89. The maximum Gasteiger partial charge on any atom is 0.312 e. The van der Waals surface area contributed by atoms with E-state index in [0.29, 0.717) is 5.92 Å². The molecule has 3 atom stereocenters. The number of ether oxygens (including phenoxy) is 1. The monoisotopic (exact) mass is 401 g/mol. The van der Waals surface area contributed by atoms with Crippen molar-refractivity contribution in [3.63, 3.8) is 0 Å². The maximum absolute atomic E-state index is 13.2. The molecule has 0 radical (unpaired) electrons. The number of fused-ring (bicyclic) bond motifs is 8. The number of hydrogen-bond acceptors (Lipinski definition) is 2. The van der Waals surface area contributed by atoms with Crippen LogP contribution in [-0.4, -0.2) is 18.1 Å². The van der Waals surface area contributed by atoms with Crippen LogP contribution in [-0.2, 0) is 14.9 Å². The first-order valence-electron chi connectivity index (χ1n) is 11.1. The van der Waals surface area contributed by atoms with Crippen LogP contribution < -0.4 is 0 Å². The topological polar surface area (TPSA) is 42.1 Å². The molecule has 3 nitrogen and oxygen atoms in total. The van der Waals surface area contributed by atoms with Gasteiger partial charge in [-0.2, -0.15) is 0 Å². The van der Waals surface area contributed by atoms with Gasteiger partial charge in [-0.15, -0.1) is 0 Å². The average molecular weight is 402 g/mol. The third kappa shape index (κ3) is 2.41. The Kier molecular flexibility index (Phi) is 4.19. The fourth-order valence-corrected chi connectivity index (χ4v) is 6.50. The van der Waals surface area contributed by atoms with Crippen LogP contribution in [0, 0.1) is 5.41 Å². The summed E-state index contributed by atoms with van der Waals surface area (Å²) in [6.45, 7) is 8.99. The second-order valence-corrected chi connectivity index (χ2v) is 10.0. The van der Waals surface area contributed by atoms with Crippen LogP contribution in [0.3, 0.4) is 0 Å². The van der Waals surface area contributed by atoms with Crippen molar-refractivity contribution >= 4 is 16.9 Å². The van der Waals surface area contributed by atoms with E-state index in [2.05, 4.69) is 75.1 Å². The molecule has 0 amide bonds. The van der Waals surface area contributed by atoms with Crippen molar-refractivity contribution in [2.45, 2.75) is 64.2 Å². The molecule has 0 spiro atoms. The lowest BCUT2D eigenvalue weighted by atomic mass is 9.49. The molecule has 0 bridgehead atoms. The highest BCUT2D eigenvalue weighted by molar-refractivity contribution is 5.95. The van der Waals surface area contributed by atoms with Crippen molar-refractivity contribution in [1.29, 1.82) is 0 Å². The number of methoxy groups -OCH3 is 1. The van der Waals surface area contributed by atoms with E-state index in [1.54, 1.807) is 0 Å². The van der Waals surface area contributed by atoms with E-state index >= 15 is 0 Å². The lowest BCUT2D eigenvalue weighted by Crippen LogP contribution is -2.50. The third-order valence-electron chi connectivity index (χ3n) is 7.95. The third-order valence-corrected chi connectivity index (χ3v) is 7.95. The van der Waals surface area contributed by atoms with Crippen molar-refractivity contribution in [1.82, 2.24) is 4.98 Å². The standard InChI is InChI=1S/C27H31NO2/c1-16(2)17-11-12-20-19(15-17)23-22(18-9-6-7-10-21(18)28-23)24-26(20,3)13-8-14-27(24,4)25(29)30-5/h6-7,9-12,15-16,24,28H,8,13-14H2,1-5H3/t24-,26-,27-/m1/s1. The number of carbonyl (C=O) groups is 1. The molecule has 0 aliphatic heterocycles. The van der Waals surface area contributed by atoms with Gasteiger partial charge in [0, 0.05) is 27.8 Å². The normalized spacial score (nSPS) is 27.5. The number of esters is 1. The van der Waals surface area contributed by atoms with Crippen LogP contribution in [0.4, 0.5) is 0 Å². The number of H-pyrrole nitrogens is 1. The van der Waals surface area contributed by atoms with Crippen LogP contribution >= 0.6 is 0 Å². The summed E-state index contributed by atoms with van der Waals surface area (Å²) in [7, 11) is 1.53. The fourth-order valence-electron chi connectivity index (χ4n) is 6.50. The summed E-state index contributed by atoms with van der Waals surface area (Å²) < 4.78 is 5.38. The molecule has 1 N–H and O–H groups in total. The van der Waals surface area contributed by atoms with Gasteiger partial charge in [-0.25, -0.2) is 0 Å². The zero-order valence-electron chi connectivity index (χ0n) is 18.6. The van der Waals surface area contributed by atoms with Gasteiger partial charge in [0.05, 0.1) is 18.2 Å². The highest BCUT2D eigenvalue weighted by Gasteiger charge is 2.58. The molecule has 3 aromatic rings.